The molecule has 2 aromatic rings. The molecule has 0 spiro atoms. The number of ether oxygens (including phenoxy) is 2. The highest BCUT2D eigenvalue weighted by atomic mass is 127. The lowest BCUT2D eigenvalue weighted by Gasteiger charge is -2.09. The fourth-order valence-corrected chi connectivity index (χ4v) is 2.34. The van der Waals surface area contributed by atoms with Crippen LogP contribution >= 0.6 is 22.6 Å². The van der Waals surface area contributed by atoms with Crippen molar-refractivity contribution >= 4 is 40.2 Å². The summed E-state index contributed by atoms with van der Waals surface area (Å²) in [6.45, 7) is 1.32. The molecular formula is C16H14INO4. The van der Waals surface area contributed by atoms with Gasteiger partial charge in [-0.3, -0.25) is 9.59 Å². The summed E-state index contributed by atoms with van der Waals surface area (Å²) in [6.07, 6.45) is 0. The minimum Gasteiger partial charge on any atom is -0.496 e. The van der Waals surface area contributed by atoms with Gasteiger partial charge >= 0.3 is 5.97 Å². The molecule has 6 heteroatoms. The summed E-state index contributed by atoms with van der Waals surface area (Å²) in [5, 5.41) is 2.79. The van der Waals surface area contributed by atoms with Crippen molar-refractivity contribution in [2.45, 2.75) is 6.92 Å². The monoisotopic (exact) mass is 411 g/mol. The zero-order chi connectivity index (χ0) is 16.1. The quantitative estimate of drug-likeness (QED) is 0.476. The molecule has 0 saturated carbocycles. The third-order valence-electron chi connectivity index (χ3n) is 2.79. The molecule has 114 valence electrons. The Morgan fingerprint density at radius 1 is 1.09 bits per heavy atom. The summed E-state index contributed by atoms with van der Waals surface area (Å²) in [4.78, 5) is 23.0. The van der Waals surface area contributed by atoms with Gasteiger partial charge in [-0.05, 0) is 59.0 Å². The molecule has 0 unspecified atom stereocenters. The Morgan fingerprint density at radius 2 is 1.77 bits per heavy atom. The van der Waals surface area contributed by atoms with E-state index in [1.807, 2.05) is 6.07 Å². The lowest BCUT2D eigenvalue weighted by molar-refractivity contribution is -0.131. The Kier molecular flexibility index (Phi) is 5.37. The normalized spacial score (nSPS) is 9.95. The smallest absolute Gasteiger partial charge is 0.308 e. The van der Waals surface area contributed by atoms with Crippen molar-refractivity contribution in [2.24, 2.45) is 0 Å². The molecule has 22 heavy (non-hydrogen) atoms. The molecule has 1 amide bonds. The minimum atomic E-state index is -0.400. The van der Waals surface area contributed by atoms with Gasteiger partial charge < -0.3 is 14.8 Å². The van der Waals surface area contributed by atoms with Crippen LogP contribution in [0.15, 0.2) is 42.5 Å². The zero-order valence-electron chi connectivity index (χ0n) is 12.1. The predicted octanol–water partition coefficient (Wildman–Crippen LogP) is 3.48. The first-order valence-corrected chi connectivity index (χ1v) is 7.51. The van der Waals surface area contributed by atoms with E-state index in [9.17, 15) is 9.59 Å². The number of amides is 1. The van der Waals surface area contributed by atoms with Gasteiger partial charge in [-0.25, -0.2) is 0 Å². The van der Waals surface area contributed by atoms with Crippen LogP contribution in [-0.2, 0) is 4.79 Å². The van der Waals surface area contributed by atoms with Gasteiger partial charge in [-0.2, -0.15) is 0 Å². The number of halogens is 1. The molecule has 0 fully saturated rings. The molecule has 0 aliphatic heterocycles. The second-order valence-electron chi connectivity index (χ2n) is 4.42. The van der Waals surface area contributed by atoms with Crippen molar-refractivity contribution in [3.63, 3.8) is 0 Å². The Labute approximate surface area is 141 Å². The fourth-order valence-electron chi connectivity index (χ4n) is 1.78. The first kappa shape index (κ1) is 16.3. The molecule has 0 aliphatic carbocycles. The number of nitrogens with one attached hydrogen (secondary N) is 1. The van der Waals surface area contributed by atoms with Crippen molar-refractivity contribution in [3.05, 3.63) is 51.6 Å². The highest BCUT2D eigenvalue weighted by Crippen LogP contribution is 2.25. The van der Waals surface area contributed by atoms with Crippen LogP contribution in [0.5, 0.6) is 11.5 Å². The van der Waals surface area contributed by atoms with E-state index in [-0.39, 0.29) is 5.91 Å². The van der Waals surface area contributed by atoms with Gasteiger partial charge in [0.25, 0.3) is 5.91 Å². The van der Waals surface area contributed by atoms with Gasteiger partial charge in [0.2, 0.25) is 0 Å². The Balaban J connectivity index is 2.10. The van der Waals surface area contributed by atoms with E-state index >= 15 is 0 Å². The second-order valence-corrected chi connectivity index (χ2v) is 5.58. The third-order valence-corrected chi connectivity index (χ3v) is 3.68. The molecule has 1 N–H and O–H groups in total. The van der Waals surface area contributed by atoms with Crippen molar-refractivity contribution in [1.82, 2.24) is 0 Å². The maximum Gasteiger partial charge on any atom is 0.308 e. The average molecular weight is 411 g/mol. The van der Waals surface area contributed by atoms with Crippen molar-refractivity contribution in [3.8, 4) is 11.5 Å². The number of benzene rings is 2. The van der Waals surface area contributed by atoms with Crippen molar-refractivity contribution in [2.75, 3.05) is 12.4 Å². The summed E-state index contributed by atoms with van der Waals surface area (Å²) in [6, 6.07) is 11.8. The number of hydrogen-bond donors (Lipinski definition) is 1. The maximum atomic E-state index is 12.2. The number of esters is 1. The van der Waals surface area contributed by atoms with Gasteiger partial charge in [0.15, 0.2) is 0 Å². The highest BCUT2D eigenvalue weighted by Gasteiger charge is 2.08. The number of rotatable bonds is 4. The summed E-state index contributed by atoms with van der Waals surface area (Å²) < 4.78 is 11.1. The molecule has 0 aliphatic rings. The number of carbonyl (C=O) groups excluding carboxylic acids is 2. The van der Waals surface area contributed by atoms with Gasteiger partial charge in [0.05, 0.1) is 10.7 Å². The van der Waals surface area contributed by atoms with E-state index in [1.165, 1.54) is 6.92 Å². The number of anilines is 1. The van der Waals surface area contributed by atoms with E-state index < -0.39 is 5.97 Å². The largest absolute Gasteiger partial charge is 0.496 e. The van der Waals surface area contributed by atoms with Crippen LogP contribution in [0.3, 0.4) is 0 Å². The third kappa shape index (κ3) is 4.20. The second kappa shape index (κ2) is 7.26. The number of methoxy groups -OCH3 is 1. The first-order valence-electron chi connectivity index (χ1n) is 6.43. The highest BCUT2D eigenvalue weighted by molar-refractivity contribution is 14.1. The standard InChI is InChI=1S/C16H14INO4/c1-10(19)22-13-6-3-11(4-7-13)16(20)18-12-5-8-14(17)15(9-12)21-2/h3-9H,1-2H3,(H,18,20). The Hall–Kier alpha value is -2.09. The molecule has 2 aromatic carbocycles. The van der Waals surface area contributed by atoms with Crippen LogP contribution < -0.4 is 14.8 Å². The van der Waals surface area contributed by atoms with E-state index in [0.717, 1.165) is 3.57 Å². The molecule has 0 aromatic heterocycles. The molecule has 0 radical (unpaired) electrons. The molecule has 0 saturated heterocycles. The molecule has 0 atom stereocenters. The Bertz CT molecular complexity index is 698. The van der Waals surface area contributed by atoms with Gasteiger partial charge in [0.1, 0.15) is 11.5 Å². The molecular weight excluding hydrogens is 397 g/mol. The van der Waals surface area contributed by atoms with Gasteiger partial charge in [0, 0.05) is 24.2 Å². The molecule has 0 heterocycles. The van der Waals surface area contributed by atoms with Crippen LogP contribution in [0.2, 0.25) is 0 Å². The van der Waals surface area contributed by atoms with Crippen LogP contribution in [0.1, 0.15) is 17.3 Å². The van der Waals surface area contributed by atoms with E-state index in [2.05, 4.69) is 27.9 Å². The molecule has 2 rings (SSSR count). The van der Waals surface area contributed by atoms with Crippen LogP contribution in [-0.4, -0.2) is 19.0 Å². The van der Waals surface area contributed by atoms with E-state index in [0.29, 0.717) is 22.7 Å². The number of hydrogen-bond acceptors (Lipinski definition) is 4. The van der Waals surface area contributed by atoms with Gasteiger partial charge in [-0.1, -0.05) is 0 Å². The SMILES string of the molecule is COc1cc(NC(=O)c2ccc(OC(C)=O)cc2)ccc1I. The summed E-state index contributed by atoms with van der Waals surface area (Å²) in [5.41, 5.74) is 1.11. The minimum absolute atomic E-state index is 0.252. The lowest BCUT2D eigenvalue weighted by atomic mass is 10.2. The topological polar surface area (TPSA) is 64.6 Å². The van der Waals surface area contributed by atoms with E-state index in [1.54, 1.807) is 43.5 Å². The van der Waals surface area contributed by atoms with Crippen LogP contribution in [0, 0.1) is 3.57 Å². The average Bonchev–Trinajstić information content (AvgIpc) is 2.49. The maximum absolute atomic E-state index is 12.2. The summed E-state index contributed by atoms with van der Waals surface area (Å²) in [7, 11) is 1.58. The molecule has 0 bridgehead atoms. The Morgan fingerprint density at radius 3 is 2.36 bits per heavy atom. The van der Waals surface area contributed by atoms with Crippen LogP contribution in [0.25, 0.3) is 0 Å². The zero-order valence-corrected chi connectivity index (χ0v) is 14.2. The first-order chi connectivity index (χ1) is 10.5. The molecule has 5 nitrogen and oxygen atoms in total. The predicted molar refractivity (Wildman–Crippen MR) is 91.4 cm³/mol. The fraction of sp³-hybridized carbons (Fsp3) is 0.125. The lowest BCUT2D eigenvalue weighted by Crippen LogP contribution is -2.12. The van der Waals surface area contributed by atoms with E-state index in [4.69, 9.17) is 9.47 Å². The summed E-state index contributed by atoms with van der Waals surface area (Å²) in [5.74, 6) is 0.449. The number of carbonyl (C=O) groups is 2. The van der Waals surface area contributed by atoms with Crippen molar-refractivity contribution in [1.29, 1.82) is 0 Å². The van der Waals surface area contributed by atoms with Crippen LogP contribution in [0.4, 0.5) is 5.69 Å². The summed E-state index contributed by atoms with van der Waals surface area (Å²) >= 11 is 2.16. The van der Waals surface area contributed by atoms with Gasteiger partial charge in [-0.15, -0.1) is 0 Å². The van der Waals surface area contributed by atoms with Crippen molar-refractivity contribution < 1.29 is 19.1 Å².